The van der Waals surface area contributed by atoms with E-state index in [1.165, 1.54) is 16.3 Å². The SMILES string of the molecule is c1ccc2c(CNCc3ccoc3)cncc2c1. The Morgan fingerprint density at radius 3 is 2.89 bits per heavy atom. The second kappa shape index (κ2) is 5.02. The first-order chi connectivity index (χ1) is 8.93. The third-order valence-corrected chi connectivity index (χ3v) is 2.98. The summed E-state index contributed by atoms with van der Waals surface area (Å²) >= 11 is 0. The van der Waals surface area contributed by atoms with Gasteiger partial charge < -0.3 is 9.73 Å². The number of nitrogens with one attached hydrogen (secondary N) is 1. The molecule has 0 fully saturated rings. The Morgan fingerprint density at radius 2 is 2.00 bits per heavy atom. The van der Waals surface area contributed by atoms with Crippen LogP contribution in [0.3, 0.4) is 0 Å². The average Bonchev–Trinajstić information content (AvgIpc) is 2.92. The Hall–Kier alpha value is -2.13. The fraction of sp³-hybridized carbons (Fsp3) is 0.133. The minimum atomic E-state index is 0.805. The summed E-state index contributed by atoms with van der Waals surface area (Å²) < 4.78 is 5.04. The molecule has 3 aromatic rings. The lowest BCUT2D eigenvalue weighted by Crippen LogP contribution is -2.12. The smallest absolute Gasteiger partial charge is 0.0947 e. The summed E-state index contributed by atoms with van der Waals surface area (Å²) in [6, 6.07) is 10.3. The Balaban J connectivity index is 1.74. The van der Waals surface area contributed by atoms with E-state index in [4.69, 9.17) is 4.42 Å². The van der Waals surface area contributed by atoms with Crippen LogP contribution in [0.2, 0.25) is 0 Å². The van der Waals surface area contributed by atoms with Crippen LogP contribution < -0.4 is 5.32 Å². The molecule has 1 N–H and O–H groups in total. The molecule has 0 bridgehead atoms. The van der Waals surface area contributed by atoms with Crippen LogP contribution in [0, 0.1) is 0 Å². The van der Waals surface area contributed by atoms with E-state index < -0.39 is 0 Å². The molecule has 18 heavy (non-hydrogen) atoms. The highest BCUT2D eigenvalue weighted by atomic mass is 16.3. The van der Waals surface area contributed by atoms with Crippen LogP contribution in [0.15, 0.2) is 59.7 Å². The molecule has 0 aliphatic rings. The van der Waals surface area contributed by atoms with Gasteiger partial charge in [0.25, 0.3) is 0 Å². The molecule has 2 aromatic heterocycles. The molecule has 3 heteroatoms. The summed E-state index contributed by atoms with van der Waals surface area (Å²) in [4.78, 5) is 4.27. The van der Waals surface area contributed by atoms with Crippen molar-refractivity contribution in [2.75, 3.05) is 0 Å². The summed E-state index contributed by atoms with van der Waals surface area (Å²) in [6.45, 7) is 1.61. The van der Waals surface area contributed by atoms with Crippen molar-refractivity contribution in [1.82, 2.24) is 10.3 Å². The molecule has 0 atom stereocenters. The molecule has 0 aliphatic carbocycles. The minimum absolute atomic E-state index is 0.805. The van der Waals surface area contributed by atoms with Gasteiger partial charge in [-0.25, -0.2) is 0 Å². The fourth-order valence-electron chi connectivity index (χ4n) is 2.05. The van der Waals surface area contributed by atoms with Gasteiger partial charge in [0.1, 0.15) is 0 Å². The van der Waals surface area contributed by atoms with Crippen molar-refractivity contribution in [3.63, 3.8) is 0 Å². The minimum Gasteiger partial charge on any atom is -0.472 e. The summed E-state index contributed by atoms with van der Waals surface area (Å²) in [7, 11) is 0. The molecule has 0 saturated heterocycles. The molecule has 1 aromatic carbocycles. The fourth-order valence-corrected chi connectivity index (χ4v) is 2.05. The van der Waals surface area contributed by atoms with Crippen LogP contribution in [0.5, 0.6) is 0 Å². The molecule has 90 valence electrons. The summed E-state index contributed by atoms with van der Waals surface area (Å²) in [5.74, 6) is 0. The van der Waals surface area contributed by atoms with Crippen LogP contribution in [-0.2, 0) is 13.1 Å². The van der Waals surface area contributed by atoms with Gasteiger partial charge in [0.05, 0.1) is 12.5 Å². The lowest BCUT2D eigenvalue weighted by atomic mass is 10.1. The first kappa shape index (κ1) is 11.0. The van der Waals surface area contributed by atoms with E-state index in [2.05, 4.69) is 28.5 Å². The van der Waals surface area contributed by atoms with Crippen LogP contribution in [-0.4, -0.2) is 4.98 Å². The predicted octanol–water partition coefficient (Wildman–Crippen LogP) is 3.12. The zero-order valence-corrected chi connectivity index (χ0v) is 9.97. The van der Waals surface area contributed by atoms with Crippen molar-refractivity contribution in [2.24, 2.45) is 0 Å². The Kier molecular flexibility index (Phi) is 3.07. The number of pyridine rings is 1. The molecule has 0 spiro atoms. The van der Waals surface area contributed by atoms with E-state index >= 15 is 0 Å². The summed E-state index contributed by atoms with van der Waals surface area (Å²) in [6.07, 6.45) is 7.27. The normalized spacial score (nSPS) is 10.9. The van der Waals surface area contributed by atoms with Gasteiger partial charge in [0.15, 0.2) is 0 Å². The molecule has 0 saturated carbocycles. The summed E-state index contributed by atoms with van der Waals surface area (Å²) in [5, 5.41) is 5.83. The Bertz CT molecular complexity index is 627. The van der Waals surface area contributed by atoms with Gasteiger partial charge in [0, 0.05) is 36.4 Å². The van der Waals surface area contributed by atoms with Crippen molar-refractivity contribution >= 4 is 10.8 Å². The van der Waals surface area contributed by atoms with Crippen LogP contribution >= 0.6 is 0 Å². The van der Waals surface area contributed by atoms with Gasteiger partial charge >= 0.3 is 0 Å². The molecular formula is C15H14N2O. The number of aromatic nitrogens is 1. The maximum absolute atomic E-state index is 5.04. The maximum Gasteiger partial charge on any atom is 0.0947 e. The third-order valence-electron chi connectivity index (χ3n) is 2.98. The van der Waals surface area contributed by atoms with Crippen molar-refractivity contribution in [2.45, 2.75) is 13.1 Å². The Morgan fingerprint density at radius 1 is 1.06 bits per heavy atom. The van der Waals surface area contributed by atoms with Gasteiger partial charge in [-0.3, -0.25) is 4.98 Å². The number of furan rings is 1. The van der Waals surface area contributed by atoms with Gasteiger partial charge in [-0.05, 0) is 17.0 Å². The van der Waals surface area contributed by atoms with E-state index in [-0.39, 0.29) is 0 Å². The van der Waals surface area contributed by atoms with Crippen LogP contribution in [0.25, 0.3) is 10.8 Å². The van der Waals surface area contributed by atoms with Crippen LogP contribution in [0.4, 0.5) is 0 Å². The quantitative estimate of drug-likeness (QED) is 0.759. The number of fused-ring (bicyclic) bond motifs is 1. The van der Waals surface area contributed by atoms with E-state index in [1.807, 2.05) is 24.5 Å². The van der Waals surface area contributed by atoms with Gasteiger partial charge in [-0.2, -0.15) is 0 Å². The van der Waals surface area contributed by atoms with E-state index in [0.717, 1.165) is 18.7 Å². The largest absolute Gasteiger partial charge is 0.472 e. The molecule has 0 amide bonds. The first-order valence-electron chi connectivity index (χ1n) is 5.97. The standard InChI is InChI=1S/C15H14N2O/c1-2-4-15-13(3-1)8-17-10-14(15)9-16-7-12-5-6-18-11-12/h1-6,8,10-11,16H,7,9H2. The molecule has 2 heterocycles. The van der Waals surface area contributed by atoms with Gasteiger partial charge in [0.2, 0.25) is 0 Å². The van der Waals surface area contributed by atoms with E-state index in [1.54, 1.807) is 12.5 Å². The number of hydrogen-bond donors (Lipinski definition) is 1. The maximum atomic E-state index is 5.04. The molecule has 3 rings (SSSR count). The molecular weight excluding hydrogens is 224 g/mol. The topological polar surface area (TPSA) is 38.1 Å². The van der Waals surface area contributed by atoms with Gasteiger partial charge in [-0.15, -0.1) is 0 Å². The predicted molar refractivity (Wildman–Crippen MR) is 71.0 cm³/mol. The van der Waals surface area contributed by atoms with Crippen molar-refractivity contribution in [3.8, 4) is 0 Å². The lowest BCUT2D eigenvalue weighted by Gasteiger charge is -2.06. The second-order valence-corrected chi connectivity index (χ2v) is 4.25. The number of nitrogens with zero attached hydrogens (tertiary/aromatic N) is 1. The van der Waals surface area contributed by atoms with Crippen molar-refractivity contribution in [1.29, 1.82) is 0 Å². The van der Waals surface area contributed by atoms with Gasteiger partial charge in [-0.1, -0.05) is 24.3 Å². The second-order valence-electron chi connectivity index (χ2n) is 4.25. The zero-order chi connectivity index (χ0) is 12.2. The van der Waals surface area contributed by atoms with Crippen molar-refractivity contribution < 1.29 is 4.42 Å². The monoisotopic (exact) mass is 238 g/mol. The molecule has 0 radical (unpaired) electrons. The first-order valence-corrected chi connectivity index (χ1v) is 5.97. The molecule has 3 nitrogen and oxygen atoms in total. The Labute approximate surface area is 105 Å². The summed E-state index contributed by atoms with van der Waals surface area (Å²) in [5.41, 5.74) is 2.37. The highest BCUT2D eigenvalue weighted by Crippen LogP contribution is 2.16. The average molecular weight is 238 g/mol. The molecule has 0 unspecified atom stereocenters. The molecule has 0 aliphatic heterocycles. The van der Waals surface area contributed by atoms with E-state index in [9.17, 15) is 0 Å². The van der Waals surface area contributed by atoms with E-state index in [0.29, 0.717) is 0 Å². The highest BCUT2D eigenvalue weighted by molar-refractivity contribution is 5.84. The third kappa shape index (κ3) is 2.26. The zero-order valence-electron chi connectivity index (χ0n) is 9.97. The number of rotatable bonds is 4. The highest BCUT2D eigenvalue weighted by Gasteiger charge is 2.01. The van der Waals surface area contributed by atoms with Crippen LogP contribution in [0.1, 0.15) is 11.1 Å². The number of hydrogen-bond acceptors (Lipinski definition) is 3. The number of benzene rings is 1. The lowest BCUT2D eigenvalue weighted by molar-refractivity contribution is 0.560. The van der Waals surface area contributed by atoms with Crippen molar-refractivity contribution in [3.05, 3.63) is 66.4 Å².